The first-order chi connectivity index (χ1) is 14.3. The number of nitrogens with one attached hydrogen (secondary N) is 1. The van der Waals surface area contributed by atoms with Gasteiger partial charge in [0.25, 0.3) is 0 Å². The molecule has 3 aromatic heterocycles. The summed E-state index contributed by atoms with van der Waals surface area (Å²) >= 11 is 0. The average Bonchev–Trinajstić information content (AvgIpc) is 3.26. The molecule has 0 aromatic carbocycles. The first kappa shape index (κ1) is 18.2. The van der Waals surface area contributed by atoms with E-state index in [9.17, 15) is 0 Å². The maximum Gasteiger partial charge on any atom is 0.304 e. The highest BCUT2D eigenvalue weighted by atomic mass is 16.5. The summed E-state index contributed by atoms with van der Waals surface area (Å²) < 4.78 is 13.8. The molecule has 0 bridgehead atoms. The smallest absolute Gasteiger partial charge is 0.304 e. The van der Waals surface area contributed by atoms with Crippen molar-refractivity contribution in [2.75, 3.05) is 36.5 Å². The van der Waals surface area contributed by atoms with Crippen molar-refractivity contribution in [2.24, 2.45) is 0 Å². The van der Waals surface area contributed by atoms with Crippen LogP contribution in [0.1, 0.15) is 25.7 Å². The zero-order valence-electron chi connectivity index (χ0n) is 16.4. The molecule has 0 radical (unpaired) electrons. The quantitative estimate of drug-likeness (QED) is 0.713. The van der Waals surface area contributed by atoms with E-state index < -0.39 is 0 Å². The topological polar surface area (TPSA) is 76.8 Å². The Balaban J connectivity index is 1.26. The Bertz CT molecular complexity index is 933. The maximum absolute atomic E-state index is 6.37. The molecule has 0 spiro atoms. The van der Waals surface area contributed by atoms with Gasteiger partial charge in [-0.05, 0) is 37.8 Å². The molecule has 3 aromatic rings. The average molecular weight is 394 g/mol. The summed E-state index contributed by atoms with van der Waals surface area (Å²) in [5, 5.41) is 3.53. The maximum atomic E-state index is 6.37. The summed E-state index contributed by atoms with van der Waals surface area (Å²) in [5.74, 6) is 1.85. The van der Waals surface area contributed by atoms with E-state index >= 15 is 0 Å². The van der Waals surface area contributed by atoms with E-state index in [1.54, 1.807) is 6.20 Å². The number of hydrogen-bond acceptors (Lipinski definition) is 7. The highest BCUT2D eigenvalue weighted by Gasteiger charge is 2.24. The van der Waals surface area contributed by atoms with Gasteiger partial charge in [0, 0.05) is 43.8 Å². The van der Waals surface area contributed by atoms with Gasteiger partial charge in [-0.2, -0.15) is 4.98 Å². The largest absolute Gasteiger partial charge is 0.461 e. The molecule has 1 saturated carbocycles. The van der Waals surface area contributed by atoms with Crippen molar-refractivity contribution >= 4 is 17.3 Å². The second-order valence-electron chi connectivity index (χ2n) is 7.60. The van der Waals surface area contributed by atoms with E-state index in [1.165, 1.54) is 0 Å². The van der Waals surface area contributed by atoms with Crippen molar-refractivity contribution in [3.8, 4) is 6.01 Å². The predicted molar refractivity (Wildman–Crippen MR) is 111 cm³/mol. The Morgan fingerprint density at radius 3 is 2.69 bits per heavy atom. The summed E-state index contributed by atoms with van der Waals surface area (Å²) in [6.45, 7) is 3.14. The van der Waals surface area contributed by atoms with E-state index in [2.05, 4.69) is 20.2 Å². The van der Waals surface area contributed by atoms with Crippen LogP contribution in [0.15, 0.2) is 42.9 Å². The highest BCUT2D eigenvalue weighted by Crippen LogP contribution is 2.27. The third-order valence-corrected chi connectivity index (χ3v) is 5.64. The van der Waals surface area contributed by atoms with Gasteiger partial charge in [0.2, 0.25) is 0 Å². The Hall–Kier alpha value is -2.87. The zero-order valence-corrected chi connectivity index (χ0v) is 16.4. The fourth-order valence-corrected chi connectivity index (χ4v) is 4.05. The number of fused-ring (bicyclic) bond motifs is 1. The molecule has 152 valence electrons. The van der Waals surface area contributed by atoms with E-state index in [-0.39, 0.29) is 6.10 Å². The van der Waals surface area contributed by atoms with Gasteiger partial charge >= 0.3 is 6.01 Å². The van der Waals surface area contributed by atoms with E-state index in [4.69, 9.17) is 14.5 Å². The molecule has 0 unspecified atom stereocenters. The summed E-state index contributed by atoms with van der Waals surface area (Å²) in [6.07, 6.45) is 9.77. The number of rotatable bonds is 5. The minimum atomic E-state index is 0.162. The predicted octanol–water partition coefficient (Wildman–Crippen LogP) is 2.76. The van der Waals surface area contributed by atoms with Crippen LogP contribution in [0.25, 0.3) is 5.65 Å². The van der Waals surface area contributed by atoms with Crippen molar-refractivity contribution in [1.29, 1.82) is 0 Å². The van der Waals surface area contributed by atoms with E-state index in [0.29, 0.717) is 12.1 Å². The molecular weight excluding hydrogens is 368 g/mol. The Kier molecular flexibility index (Phi) is 5.17. The van der Waals surface area contributed by atoms with Gasteiger partial charge in [0.05, 0.1) is 13.2 Å². The van der Waals surface area contributed by atoms with Crippen molar-refractivity contribution < 1.29 is 9.47 Å². The van der Waals surface area contributed by atoms with Gasteiger partial charge in [0.15, 0.2) is 0 Å². The Morgan fingerprint density at radius 2 is 1.90 bits per heavy atom. The molecule has 4 heterocycles. The van der Waals surface area contributed by atoms with Gasteiger partial charge in [-0.15, -0.1) is 0 Å². The molecule has 0 atom stereocenters. The lowest BCUT2D eigenvalue weighted by molar-refractivity contribution is 0.121. The molecule has 1 aliphatic carbocycles. The fourth-order valence-electron chi connectivity index (χ4n) is 4.05. The van der Waals surface area contributed by atoms with Gasteiger partial charge < -0.3 is 19.7 Å². The van der Waals surface area contributed by atoms with Crippen LogP contribution in [0.3, 0.4) is 0 Å². The number of aromatic nitrogens is 4. The van der Waals surface area contributed by atoms with Crippen LogP contribution in [0, 0.1) is 0 Å². The molecule has 1 saturated heterocycles. The second kappa shape index (κ2) is 8.24. The van der Waals surface area contributed by atoms with E-state index in [0.717, 1.165) is 69.3 Å². The van der Waals surface area contributed by atoms with Crippen LogP contribution in [0.2, 0.25) is 0 Å². The normalized spacial score (nSPS) is 22.6. The molecule has 2 aliphatic rings. The Labute approximate surface area is 169 Å². The minimum absolute atomic E-state index is 0.162. The number of ether oxygens (including phenoxy) is 2. The fraction of sp³-hybridized carbons (Fsp3) is 0.476. The van der Waals surface area contributed by atoms with Crippen molar-refractivity contribution in [3.05, 3.63) is 42.9 Å². The molecule has 1 N–H and O–H groups in total. The van der Waals surface area contributed by atoms with Gasteiger partial charge in [-0.1, -0.05) is 6.07 Å². The number of hydrogen-bond donors (Lipinski definition) is 1. The van der Waals surface area contributed by atoms with Crippen LogP contribution >= 0.6 is 0 Å². The van der Waals surface area contributed by atoms with Gasteiger partial charge in [-0.25, -0.2) is 9.97 Å². The van der Waals surface area contributed by atoms with Crippen molar-refractivity contribution in [3.63, 3.8) is 0 Å². The van der Waals surface area contributed by atoms with E-state index in [1.807, 2.05) is 41.1 Å². The standard InChI is InChI=1S/C21H26N6O2/c1-2-8-22-18(3-1)24-16-4-6-17(7-5-16)29-21-25-20(26-11-13-28-14-12-26)15-19-23-9-10-27(19)21/h1-3,8-10,15-17H,4-7,11-14H2,(H,22,24)/t16-,17+. The molecular formula is C21H26N6O2. The number of nitrogens with zero attached hydrogens (tertiary/aromatic N) is 5. The third-order valence-electron chi connectivity index (χ3n) is 5.64. The van der Waals surface area contributed by atoms with Crippen LogP contribution in [-0.4, -0.2) is 57.8 Å². The lowest BCUT2D eigenvalue weighted by Crippen LogP contribution is -2.37. The van der Waals surface area contributed by atoms with Gasteiger partial charge in [-0.3, -0.25) is 4.40 Å². The first-order valence-corrected chi connectivity index (χ1v) is 10.4. The van der Waals surface area contributed by atoms with Crippen molar-refractivity contribution in [2.45, 2.75) is 37.8 Å². The lowest BCUT2D eigenvalue weighted by atomic mass is 9.93. The SMILES string of the molecule is c1ccc(N[C@H]2CC[C@@H](Oc3nc(N4CCOCC4)cc4nccn34)CC2)nc1. The number of morpholine rings is 1. The molecule has 0 amide bonds. The lowest BCUT2D eigenvalue weighted by Gasteiger charge is -2.30. The van der Waals surface area contributed by atoms with Crippen LogP contribution < -0.4 is 15.0 Å². The summed E-state index contributed by atoms with van der Waals surface area (Å²) in [6, 6.07) is 9.04. The summed E-state index contributed by atoms with van der Waals surface area (Å²) in [7, 11) is 0. The third kappa shape index (κ3) is 4.12. The minimum Gasteiger partial charge on any atom is -0.461 e. The van der Waals surface area contributed by atoms with Crippen molar-refractivity contribution in [1.82, 2.24) is 19.4 Å². The number of imidazole rings is 1. The first-order valence-electron chi connectivity index (χ1n) is 10.4. The molecule has 29 heavy (non-hydrogen) atoms. The zero-order chi connectivity index (χ0) is 19.5. The van der Waals surface area contributed by atoms with Crippen LogP contribution in [-0.2, 0) is 4.74 Å². The van der Waals surface area contributed by atoms with Crippen LogP contribution in [0.5, 0.6) is 6.01 Å². The highest BCUT2D eigenvalue weighted by molar-refractivity contribution is 5.53. The van der Waals surface area contributed by atoms with Gasteiger partial charge in [0.1, 0.15) is 23.4 Å². The molecule has 2 fully saturated rings. The molecule has 5 rings (SSSR count). The monoisotopic (exact) mass is 394 g/mol. The number of anilines is 2. The second-order valence-corrected chi connectivity index (χ2v) is 7.60. The molecule has 8 heteroatoms. The summed E-state index contributed by atoms with van der Waals surface area (Å²) in [4.78, 5) is 15.9. The Morgan fingerprint density at radius 1 is 1.03 bits per heavy atom. The number of pyridine rings is 1. The summed E-state index contributed by atoms with van der Waals surface area (Å²) in [5.41, 5.74) is 0.863. The van der Waals surface area contributed by atoms with Crippen LogP contribution in [0.4, 0.5) is 11.6 Å². The molecule has 1 aliphatic heterocycles. The molecule has 8 nitrogen and oxygen atoms in total.